The number of benzene rings is 3. The molecule has 0 amide bonds. The first kappa shape index (κ1) is 15.4. The second kappa shape index (κ2) is 7.74. The fraction of sp³-hybridized carbons (Fsp3) is 0.0526. The fourth-order valence-electron chi connectivity index (χ4n) is 1.95. The molecule has 0 radical (unpaired) electrons. The first-order chi connectivity index (χ1) is 10.6. The van der Waals surface area contributed by atoms with Gasteiger partial charge in [0.25, 0.3) is 0 Å². The molecule has 0 bridgehead atoms. The van der Waals surface area contributed by atoms with Crippen molar-refractivity contribution in [2.45, 2.75) is 6.92 Å². The van der Waals surface area contributed by atoms with Crippen molar-refractivity contribution in [2.75, 3.05) is 5.32 Å². The van der Waals surface area contributed by atoms with E-state index in [0.29, 0.717) is 0 Å². The zero-order valence-corrected chi connectivity index (χ0v) is 12.4. The van der Waals surface area contributed by atoms with Crippen molar-refractivity contribution in [3.8, 4) is 11.5 Å². The number of hydrogen-bond donors (Lipinski definition) is 3. The molecule has 0 saturated carbocycles. The lowest BCUT2D eigenvalue weighted by molar-refractivity contribution is 0.450. The highest BCUT2D eigenvalue weighted by Gasteiger charge is 1.92. The van der Waals surface area contributed by atoms with E-state index in [1.165, 1.54) is 6.07 Å². The third-order valence-corrected chi connectivity index (χ3v) is 2.88. The van der Waals surface area contributed by atoms with E-state index >= 15 is 0 Å². The Labute approximate surface area is 130 Å². The molecule has 112 valence electrons. The minimum atomic E-state index is 0.104. The van der Waals surface area contributed by atoms with Crippen molar-refractivity contribution in [2.24, 2.45) is 0 Å². The molecule has 22 heavy (non-hydrogen) atoms. The third-order valence-electron chi connectivity index (χ3n) is 2.88. The summed E-state index contributed by atoms with van der Waals surface area (Å²) in [5, 5.41) is 21.0. The molecule has 0 spiro atoms. The molecule has 3 aromatic rings. The summed E-state index contributed by atoms with van der Waals surface area (Å²) >= 11 is 0. The molecule has 3 aromatic carbocycles. The van der Waals surface area contributed by atoms with Gasteiger partial charge in [0.15, 0.2) is 0 Å². The van der Waals surface area contributed by atoms with Crippen molar-refractivity contribution >= 4 is 11.4 Å². The topological polar surface area (TPSA) is 52.5 Å². The number of para-hydroxylation sites is 2. The summed E-state index contributed by atoms with van der Waals surface area (Å²) in [5.74, 6) is 0.208. The van der Waals surface area contributed by atoms with E-state index in [2.05, 4.69) is 5.32 Å². The van der Waals surface area contributed by atoms with E-state index in [1.807, 2.05) is 60.7 Å². The van der Waals surface area contributed by atoms with Crippen LogP contribution in [0.2, 0.25) is 0 Å². The number of aryl methyl sites for hydroxylation is 1. The van der Waals surface area contributed by atoms with Crippen LogP contribution < -0.4 is 5.32 Å². The molecule has 3 heteroatoms. The van der Waals surface area contributed by atoms with Crippen molar-refractivity contribution in [1.82, 2.24) is 0 Å². The second-order valence-corrected chi connectivity index (χ2v) is 4.88. The minimum absolute atomic E-state index is 0.104. The molecular weight excluding hydrogens is 274 g/mol. The Hall–Kier alpha value is -2.94. The Balaban J connectivity index is 0.000000172. The van der Waals surface area contributed by atoms with Gasteiger partial charge in [-0.25, -0.2) is 0 Å². The first-order valence-electron chi connectivity index (χ1n) is 7.00. The highest BCUT2D eigenvalue weighted by atomic mass is 16.3. The maximum Gasteiger partial charge on any atom is 0.119 e. The third kappa shape index (κ3) is 5.21. The van der Waals surface area contributed by atoms with E-state index in [0.717, 1.165) is 16.9 Å². The minimum Gasteiger partial charge on any atom is -0.508 e. The fourth-order valence-corrected chi connectivity index (χ4v) is 1.95. The molecule has 0 heterocycles. The molecule has 3 rings (SSSR count). The highest BCUT2D eigenvalue weighted by Crippen LogP contribution is 2.19. The molecule has 0 aliphatic rings. The van der Waals surface area contributed by atoms with E-state index < -0.39 is 0 Å². The lowest BCUT2D eigenvalue weighted by Gasteiger charge is -2.04. The predicted octanol–water partition coefficient (Wildman–Crippen LogP) is 4.84. The molecule has 0 aliphatic heterocycles. The molecule has 0 aromatic heterocycles. The highest BCUT2D eigenvalue weighted by molar-refractivity contribution is 5.58. The van der Waals surface area contributed by atoms with Crippen molar-refractivity contribution < 1.29 is 10.2 Å². The standard InChI is InChI=1S/C12H11N.C7H8O2/c1-3-7-11(8-4-1)13-12-9-5-2-6-10-12;1-5-2-6(8)4-7(9)3-5/h1-10,13H;2-4,8-9H,1H3. The average Bonchev–Trinajstić information content (AvgIpc) is 2.48. The van der Waals surface area contributed by atoms with Gasteiger partial charge >= 0.3 is 0 Å². The Morgan fingerprint density at radius 2 is 1.05 bits per heavy atom. The molecule has 0 fully saturated rings. The summed E-state index contributed by atoms with van der Waals surface area (Å²) in [6.07, 6.45) is 0. The Morgan fingerprint density at radius 3 is 1.41 bits per heavy atom. The van der Waals surface area contributed by atoms with Crippen LogP contribution in [0.25, 0.3) is 0 Å². The number of phenols is 2. The summed E-state index contributed by atoms with van der Waals surface area (Å²) < 4.78 is 0. The van der Waals surface area contributed by atoms with Gasteiger partial charge in [0, 0.05) is 17.4 Å². The molecule has 0 aliphatic carbocycles. The summed E-state index contributed by atoms with van der Waals surface area (Å²) in [5.41, 5.74) is 3.09. The number of rotatable bonds is 2. The van der Waals surface area contributed by atoms with Gasteiger partial charge in [-0.15, -0.1) is 0 Å². The normalized spacial score (nSPS) is 9.50. The zero-order chi connectivity index (χ0) is 15.8. The van der Waals surface area contributed by atoms with Crippen LogP contribution in [-0.4, -0.2) is 10.2 Å². The molecule has 3 nitrogen and oxygen atoms in total. The van der Waals surface area contributed by atoms with Gasteiger partial charge in [0.2, 0.25) is 0 Å². The number of hydrogen-bond acceptors (Lipinski definition) is 3. The van der Waals surface area contributed by atoms with Crippen molar-refractivity contribution in [3.63, 3.8) is 0 Å². The molecule has 0 saturated heterocycles. The largest absolute Gasteiger partial charge is 0.508 e. The smallest absolute Gasteiger partial charge is 0.119 e. The lowest BCUT2D eigenvalue weighted by Crippen LogP contribution is -1.87. The lowest BCUT2D eigenvalue weighted by atomic mass is 10.2. The Morgan fingerprint density at radius 1 is 0.636 bits per heavy atom. The van der Waals surface area contributed by atoms with Gasteiger partial charge in [-0.2, -0.15) is 0 Å². The Kier molecular flexibility index (Phi) is 5.44. The number of nitrogens with one attached hydrogen (secondary N) is 1. The second-order valence-electron chi connectivity index (χ2n) is 4.88. The first-order valence-corrected chi connectivity index (χ1v) is 7.00. The zero-order valence-electron chi connectivity index (χ0n) is 12.4. The van der Waals surface area contributed by atoms with Gasteiger partial charge in [-0.05, 0) is 48.9 Å². The maximum absolute atomic E-state index is 8.83. The summed E-state index contributed by atoms with van der Waals surface area (Å²) in [7, 11) is 0. The van der Waals surface area contributed by atoms with Crippen LogP contribution in [0, 0.1) is 6.92 Å². The quantitative estimate of drug-likeness (QED) is 0.634. The van der Waals surface area contributed by atoms with Crippen LogP contribution >= 0.6 is 0 Å². The van der Waals surface area contributed by atoms with E-state index in [1.54, 1.807) is 19.1 Å². The van der Waals surface area contributed by atoms with Crippen LogP contribution in [0.15, 0.2) is 78.9 Å². The van der Waals surface area contributed by atoms with Crippen LogP contribution in [0.4, 0.5) is 11.4 Å². The van der Waals surface area contributed by atoms with Crippen molar-refractivity contribution in [1.29, 1.82) is 0 Å². The monoisotopic (exact) mass is 293 g/mol. The van der Waals surface area contributed by atoms with E-state index in [-0.39, 0.29) is 11.5 Å². The molecular formula is C19H19NO2. The van der Waals surface area contributed by atoms with E-state index in [9.17, 15) is 0 Å². The number of aromatic hydroxyl groups is 2. The number of anilines is 2. The van der Waals surface area contributed by atoms with Crippen LogP contribution in [0.1, 0.15) is 5.56 Å². The molecule has 0 atom stereocenters. The summed E-state index contributed by atoms with van der Waals surface area (Å²) in [4.78, 5) is 0. The van der Waals surface area contributed by atoms with Gasteiger partial charge in [-0.1, -0.05) is 36.4 Å². The summed E-state index contributed by atoms with van der Waals surface area (Å²) in [6, 6.07) is 24.8. The van der Waals surface area contributed by atoms with E-state index in [4.69, 9.17) is 10.2 Å². The average molecular weight is 293 g/mol. The molecule has 0 unspecified atom stereocenters. The van der Waals surface area contributed by atoms with Crippen LogP contribution in [0.3, 0.4) is 0 Å². The molecule has 3 N–H and O–H groups in total. The number of phenolic OH excluding ortho intramolecular Hbond substituents is 2. The van der Waals surface area contributed by atoms with Gasteiger partial charge < -0.3 is 15.5 Å². The van der Waals surface area contributed by atoms with Crippen LogP contribution in [-0.2, 0) is 0 Å². The predicted molar refractivity (Wildman–Crippen MR) is 90.7 cm³/mol. The van der Waals surface area contributed by atoms with Crippen molar-refractivity contribution in [3.05, 3.63) is 84.4 Å². The van der Waals surface area contributed by atoms with Gasteiger partial charge in [-0.3, -0.25) is 0 Å². The SMILES string of the molecule is Cc1cc(O)cc(O)c1.c1ccc(Nc2ccccc2)cc1. The maximum atomic E-state index is 8.83. The van der Waals surface area contributed by atoms with Gasteiger partial charge in [0.1, 0.15) is 11.5 Å². The summed E-state index contributed by atoms with van der Waals surface area (Å²) in [6.45, 7) is 1.80. The Bertz CT molecular complexity index is 609. The van der Waals surface area contributed by atoms with Gasteiger partial charge in [0.05, 0.1) is 0 Å². The van der Waals surface area contributed by atoms with Crippen LogP contribution in [0.5, 0.6) is 11.5 Å².